The molecule has 0 unspecified atom stereocenters. The first-order valence-electron chi connectivity index (χ1n) is 8.53. The van der Waals surface area contributed by atoms with Crippen molar-refractivity contribution in [2.45, 2.75) is 40.0 Å². The fourth-order valence-electron chi connectivity index (χ4n) is 2.27. The monoisotopic (exact) mass is 334 g/mol. The highest BCUT2D eigenvalue weighted by molar-refractivity contribution is 6.31. The molecule has 0 atom stereocenters. The van der Waals surface area contributed by atoms with Crippen LogP contribution in [-0.2, 0) is 6.42 Å². The lowest BCUT2D eigenvalue weighted by molar-refractivity contribution is 0.633. The van der Waals surface area contributed by atoms with Gasteiger partial charge in [0.15, 0.2) is 0 Å². The maximum atomic E-state index is 6.14. The Morgan fingerprint density at radius 2 is 1.74 bits per heavy atom. The lowest BCUT2D eigenvalue weighted by atomic mass is 10.1. The van der Waals surface area contributed by atoms with Gasteiger partial charge in [-0.3, -0.25) is 0 Å². The summed E-state index contributed by atoms with van der Waals surface area (Å²) in [4.78, 5) is 0. The van der Waals surface area contributed by atoms with Crippen molar-refractivity contribution >= 4 is 11.6 Å². The van der Waals surface area contributed by atoms with Crippen LogP contribution in [0.25, 0.3) is 0 Å². The first-order chi connectivity index (χ1) is 11.1. The molecule has 0 bridgehead atoms. The Morgan fingerprint density at radius 3 is 2.48 bits per heavy atom. The Morgan fingerprint density at radius 1 is 1.00 bits per heavy atom. The zero-order valence-electron chi connectivity index (χ0n) is 14.8. The van der Waals surface area contributed by atoms with Gasteiger partial charge in [0.1, 0.15) is 0 Å². The fourth-order valence-corrected chi connectivity index (χ4v) is 2.50. The van der Waals surface area contributed by atoms with Crippen LogP contribution in [0.3, 0.4) is 0 Å². The van der Waals surface area contributed by atoms with Gasteiger partial charge in [-0.2, -0.15) is 0 Å². The minimum Gasteiger partial charge on any atom is -0.315 e. The van der Waals surface area contributed by atoms with Crippen molar-refractivity contribution in [3.05, 3.63) is 58.1 Å². The van der Waals surface area contributed by atoms with Crippen molar-refractivity contribution < 1.29 is 0 Å². The number of rotatable bonds is 11. The van der Waals surface area contributed by atoms with E-state index in [1.54, 1.807) is 0 Å². The molecule has 0 aliphatic rings. The topological polar surface area (TPSA) is 24.1 Å². The van der Waals surface area contributed by atoms with E-state index in [4.69, 9.17) is 11.6 Å². The van der Waals surface area contributed by atoms with Gasteiger partial charge in [-0.15, -0.1) is 0 Å². The summed E-state index contributed by atoms with van der Waals surface area (Å²) in [6, 6.07) is 8.04. The molecule has 0 saturated carbocycles. The van der Waals surface area contributed by atoms with Gasteiger partial charge in [0, 0.05) is 24.7 Å². The molecule has 0 radical (unpaired) electrons. The van der Waals surface area contributed by atoms with E-state index in [0.717, 1.165) is 50.5 Å². The molecule has 1 aromatic carbocycles. The van der Waals surface area contributed by atoms with E-state index in [0.29, 0.717) is 0 Å². The van der Waals surface area contributed by atoms with Crippen molar-refractivity contribution in [1.29, 1.82) is 0 Å². The quantitative estimate of drug-likeness (QED) is 0.450. The molecule has 0 spiro atoms. The standard InChI is InChI=1S/C20H31ClN2/c1-17(2)7-6-8-18(3)11-13-22-15-16-23-14-12-19-9-4-5-10-20(19)21/h4-5,7,9-11,22-23H,6,8,12-16H2,1-3H3/b18-11+. The van der Waals surface area contributed by atoms with Crippen molar-refractivity contribution in [2.24, 2.45) is 0 Å². The first kappa shape index (κ1) is 20.0. The third kappa shape index (κ3) is 10.3. The Balaban J connectivity index is 2.01. The van der Waals surface area contributed by atoms with Crippen LogP contribution >= 0.6 is 11.6 Å². The van der Waals surface area contributed by atoms with Gasteiger partial charge in [0.2, 0.25) is 0 Å². The molecule has 3 heteroatoms. The second kappa shape index (κ2) is 12.3. The maximum Gasteiger partial charge on any atom is 0.0438 e. The SMILES string of the molecule is CC(C)=CCC/C(C)=C/CNCCNCCc1ccccc1Cl. The highest BCUT2D eigenvalue weighted by Crippen LogP contribution is 2.14. The average Bonchev–Trinajstić information content (AvgIpc) is 2.51. The molecular weight excluding hydrogens is 304 g/mol. The lowest BCUT2D eigenvalue weighted by Crippen LogP contribution is -2.28. The van der Waals surface area contributed by atoms with Crippen LogP contribution in [-0.4, -0.2) is 26.2 Å². The predicted octanol–water partition coefficient (Wildman–Crippen LogP) is 4.75. The summed E-state index contributed by atoms with van der Waals surface area (Å²) in [7, 11) is 0. The predicted molar refractivity (Wildman–Crippen MR) is 103 cm³/mol. The van der Waals surface area contributed by atoms with E-state index >= 15 is 0 Å². The molecule has 1 rings (SSSR count). The molecule has 2 nitrogen and oxygen atoms in total. The molecular formula is C20H31ClN2. The van der Waals surface area contributed by atoms with Gasteiger partial charge in [0.05, 0.1) is 0 Å². The van der Waals surface area contributed by atoms with Crippen molar-refractivity contribution in [2.75, 3.05) is 26.2 Å². The number of hydrogen-bond donors (Lipinski definition) is 2. The number of halogens is 1. The number of allylic oxidation sites excluding steroid dienone is 3. The number of nitrogens with one attached hydrogen (secondary N) is 2. The number of benzene rings is 1. The van der Waals surface area contributed by atoms with Crippen molar-refractivity contribution in [1.82, 2.24) is 10.6 Å². The highest BCUT2D eigenvalue weighted by atomic mass is 35.5. The smallest absolute Gasteiger partial charge is 0.0438 e. The zero-order chi connectivity index (χ0) is 16.9. The Bertz CT molecular complexity index is 502. The summed E-state index contributed by atoms with van der Waals surface area (Å²) in [5, 5.41) is 7.75. The molecule has 0 amide bonds. The molecule has 128 valence electrons. The maximum absolute atomic E-state index is 6.14. The summed E-state index contributed by atoms with van der Waals surface area (Å²) in [5.41, 5.74) is 4.07. The van der Waals surface area contributed by atoms with Gasteiger partial charge in [-0.1, -0.05) is 53.1 Å². The van der Waals surface area contributed by atoms with E-state index in [1.165, 1.54) is 16.7 Å². The van der Waals surface area contributed by atoms with Crippen LogP contribution in [0.15, 0.2) is 47.6 Å². The van der Waals surface area contributed by atoms with E-state index in [1.807, 2.05) is 18.2 Å². The summed E-state index contributed by atoms with van der Waals surface area (Å²) in [6.07, 6.45) is 7.87. The fraction of sp³-hybridized carbons (Fsp3) is 0.500. The molecule has 0 aromatic heterocycles. The largest absolute Gasteiger partial charge is 0.315 e. The average molecular weight is 335 g/mol. The van der Waals surface area contributed by atoms with Crippen LogP contribution in [0, 0.1) is 0 Å². The Labute approximate surface area is 147 Å². The van der Waals surface area contributed by atoms with E-state index < -0.39 is 0 Å². The third-order valence-electron chi connectivity index (χ3n) is 3.69. The summed E-state index contributed by atoms with van der Waals surface area (Å²) in [5.74, 6) is 0. The summed E-state index contributed by atoms with van der Waals surface area (Å²) in [6.45, 7) is 10.4. The molecule has 2 N–H and O–H groups in total. The van der Waals surface area contributed by atoms with Crippen LogP contribution in [0.4, 0.5) is 0 Å². The van der Waals surface area contributed by atoms with Crippen LogP contribution in [0.1, 0.15) is 39.2 Å². The van der Waals surface area contributed by atoms with Crippen LogP contribution < -0.4 is 10.6 Å². The lowest BCUT2D eigenvalue weighted by Gasteiger charge is -2.07. The van der Waals surface area contributed by atoms with Gasteiger partial charge < -0.3 is 10.6 Å². The van der Waals surface area contributed by atoms with E-state index in [-0.39, 0.29) is 0 Å². The third-order valence-corrected chi connectivity index (χ3v) is 4.06. The minimum atomic E-state index is 0.862. The Hall–Kier alpha value is -1.09. The Kier molecular flexibility index (Phi) is 10.7. The second-order valence-electron chi connectivity index (χ2n) is 6.17. The van der Waals surface area contributed by atoms with Crippen LogP contribution in [0.5, 0.6) is 0 Å². The van der Waals surface area contributed by atoms with Gasteiger partial charge in [-0.25, -0.2) is 0 Å². The van der Waals surface area contributed by atoms with Gasteiger partial charge >= 0.3 is 0 Å². The molecule has 0 aliphatic heterocycles. The summed E-state index contributed by atoms with van der Waals surface area (Å²) >= 11 is 6.14. The summed E-state index contributed by atoms with van der Waals surface area (Å²) < 4.78 is 0. The number of hydrogen-bond acceptors (Lipinski definition) is 2. The molecule has 0 heterocycles. The molecule has 0 fully saturated rings. The molecule has 0 saturated heterocycles. The van der Waals surface area contributed by atoms with Gasteiger partial charge in [0.25, 0.3) is 0 Å². The van der Waals surface area contributed by atoms with Crippen molar-refractivity contribution in [3.63, 3.8) is 0 Å². The zero-order valence-corrected chi connectivity index (χ0v) is 15.5. The highest BCUT2D eigenvalue weighted by Gasteiger charge is 1.97. The first-order valence-corrected chi connectivity index (χ1v) is 8.91. The van der Waals surface area contributed by atoms with Crippen LogP contribution in [0.2, 0.25) is 5.02 Å². The van der Waals surface area contributed by atoms with Gasteiger partial charge in [-0.05, 0) is 58.2 Å². The molecule has 23 heavy (non-hydrogen) atoms. The molecule has 1 aromatic rings. The van der Waals surface area contributed by atoms with Crippen molar-refractivity contribution in [3.8, 4) is 0 Å². The molecule has 0 aliphatic carbocycles. The van der Waals surface area contributed by atoms with E-state index in [2.05, 4.69) is 49.6 Å². The minimum absolute atomic E-state index is 0.862. The van der Waals surface area contributed by atoms with E-state index in [9.17, 15) is 0 Å². The normalized spacial score (nSPS) is 11.6. The second-order valence-corrected chi connectivity index (χ2v) is 6.57.